The molecule has 3 aliphatic carbocycles. The van der Waals surface area contributed by atoms with E-state index < -0.39 is 11.7 Å². The average molecular weight is 405 g/mol. The van der Waals surface area contributed by atoms with Crippen molar-refractivity contribution in [1.82, 2.24) is 0 Å². The predicted octanol–water partition coefficient (Wildman–Crippen LogP) is 5.11. The van der Waals surface area contributed by atoms with Crippen LogP contribution in [0.15, 0.2) is 24.3 Å². The van der Waals surface area contributed by atoms with Gasteiger partial charge in [-0.15, -0.1) is 0 Å². The Kier molecular flexibility index (Phi) is 6.20. The molecule has 8 atom stereocenters. The van der Waals surface area contributed by atoms with Gasteiger partial charge in [0.2, 0.25) is 0 Å². The Bertz CT molecular complexity index is 650. The van der Waals surface area contributed by atoms with Crippen LogP contribution in [-0.4, -0.2) is 33.1 Å². The van der Waals surface area contributed by atoms with E-state index in [1.165, 1.54) is 12.8 Å². The fourth-order valence-corrected chi connectivity index (χ4v) is 6.68. The van der Waals surface area contributed by atoms with Gasteiger partial charge >= 0.3 is 0 Å². The second kappa shape index (κ2) is 7.80. The van der Waals surface area contributed by atoms with Gasteiger partial charge in [0.15, 0.2) is 0 Å². The van der Waals surface area contributed by atoms with Crippen molar-refractivity contribution in [2.45, 2.75) is 97.9 Å². The van der Waals surface area contributed by atoms with Crippen LogP contribution in [0.4, 0.5) is 0 Å². The van der Waals surface area contributed by atoms with Crippen LogP contribution < -0.4 is 0 Å². The number of fused-ring (bicyclic) bond motifs is 2. The summed E-state index contributed by atoms with van der Waals surface area (Å²) in [5, 5.41) is 31.2. The minimum absolute atomic E-state index is 0.111. The van der Waals surface area contributed by atoms with Gasteiger partial charge in [0.1, 0.15) is 0 Å². The molecule has 3 heteroatoms. The van der Waals surface area contributed by atoms with Crippen molar-refractivity contribution >= 4 is 0 Å². The second-order valence-corrected chi connectivity index (χ2v) is 11.6. The molecule has 3 nitrogen and oxygen atoms in total. The summed E-state index contributed by atoms with van der Waals surface area (Å²) in [6.45, 7) is 17.9. The summed E-state index contributed by atoms with van der Waals surface area (Å²) < 4.78 is 0. The molecule has 0 radical (unpaired) electrons. The Labute approximate surface area is 178 Å². The van der Waals surface area contributed by atoms with Gasteiger partial charge in [0.25, 0.3) is 0 Å². The molecule has 0 aliphatic heterocycles. The summed E-state index contributed by atoms with van der Waals surface area (Å²) in [7, 11) is 0. The van der Waals surface area contributed by atoms with Gasteiger partial charge in [-0.05, 0) is 72.2 Å². The van der Waals surface area contributed by atoms with E-state index in [2.05, 4.69) is 60.3 Å². The van der Waals surface area contributed by atoms with E-state index in [1.54, 1.807) is 0 Å². The zero-order valence-corrected chi connectivity index (χ0v) is 19.5. The first kappa shape index (κ1) is 23.0. The Morgan fingerprint density at radius 3 is 2.38 bits per heavy atom. The van der Waals surface area contributed by atoms with Gasteiger partial charge in [-0.2, -0.15) is 0 Å². The minimum Gasteiger partial charge on any atom is -0.393 e. The number of aliphatic hydroxyl groups excluding tert-OH is 2. The van der Waals surface area contributed by atoms with Crippen molar-refractivity contribution in [3.05, 3.63) is 24.3 Å². The maximum absolute atomic E-state index is 11.0. The van der Waals surface area contributed by atoms with Crippen LogP contribution in [0, 0.1) is 40.4 Å². The molecule has 0 aromatic carbocycles. The van der Waals surface area contributed by atoms with Crippen LogP contribution in [0.25, 0.3) is 0 Å². The van der Waals surface area contributed by atoms with Crippen LogP contribution in [0.3, 0.4) is 0 Å². The number of hydrogen-bond acceptors (Lipinski definition) is 3. The molecule has 3 rings (SSSR count). The molecule has 3 saturated carbocycles. The maximum atomic E-state index is 11.0. The maximum Gasteiger partial charge on any atom is 0.0949 e. The van der Waals surface area contributed by atoms with Crippen molar-refractivity contribution < 1.29 is 15.3 Å². The lowest BCUT2D eigenvalue weighted by Crippen LogP contribution is -2.61. The third-order valence-corrected chi connectivity index (χ3v) is 9.74. The second-order valence-electron chi connectivity index (χ2n) is 11.6. The zero-order valence-electron chi connectivity index (χ0n) is 19.5. The highest BCUT2D eigenvalue weighted by atomic mass is 16.3. The van der Waals surface area contributed by atoms with E-state index in [1.807, 2.05) is 0 Å². The SMILES string of the molecule is C=C1C2C[C@@H](O)C[C@]1(O)C2C=C[C@@H]1CC[C@](C)([C@@H](C)CC[C@@H](O)C(C)C)C1(C)C. The number of aliphatic hydroxyl groups is 3. The molecule has 3 fully saturated rings. The third kappa shape index (κ3) is 3.66. The first-order valence-corrected chi connectivity index (χ1v) is 11.8. The average Bonchev–Trinajstić information content (AvgIpc) is 2.87. The number of rotatable bonds is 7. The molecule has 2 unspecified atom stereocenters. The standard InChI is InChI=1S/C26H44O3/c1-16(2)23(28)11-8-17(3)25(7)13-12-19(24(25,5)6)9-10-22-21-14-20(27)15-26(22,29)18(21)4/h9-10,16-17,19-23,27-29H,4,8,11-15H2,1-3,5-7H3/t17-,19+,20+,21?,22?,23+,25+,26+/m0/s1. The lowest BCUT2D eigenvalue weighted by Gasteiger charge is -2.58. The van der Waals surface area contributed by atoms with E-state index >= 15 is 0 Å². The summed E-state index contributed by atoms with van der Waals surface area (Å²) >= 11 is 0. The number of allylic oxidation sites excluding steroid dienone is 1. The highest BCUT2D eigenvalue weighted by molar-refractivity contribution is 5.37. The van der Waals surface area contributed by atoms with E-state index in [4.69, 9.17) is 0 Å². The monoisotopic (exact) mass is 404 g/mol. The Balaban J connectivity index is 1.67. The van der Waals surface area contributed by atoms with E-state index in [9.17, 15) is 15.3 Å². The molecule has 166 valence electrons. The first-order valence-electron chi connectivity index (χ1n) is 11.8. The molecule has 2 bridgehead atoms. The van der Waals surface area contributed by atoms with Crippen LogP contribution in [-0.2, 0) is 0 Å². The fraction of sp³-hybridized carbons (Fsp3) is 0.846. The molecule has 0 spiro atoms. The molecular formula is C26H44O3. The first-order chi connectivity index (χ1) is 13.3. The highest BCUT2D eigenvalue weighted by Gasteiger charge is 2.60. The van der Waals surface area contributed by atoms with Gasteiger partial charge in [-0.1, -0.05) is 60.3 Å². The summed E-state index contributed by atoms with van der Waals surface area (Å²) in [4.78, 5) is 0. The molecule has 0 aromatic heterocycles. The van der Waals surface area contributed by atoms with Gasteiger partial charge < -0.3 is 15.3 Å². The molecule has 0 amide bonds. The van der Waals surface area contributed by atoms with Crippen molar-refractivity contribution in [2.75, 3.05) is 0 Å². The highest BCUT2D eigenvalue weighted by Crippen LogP contribution is 2.62. The molecule has 3 aliphatic rings. The van der Waals surface area contributed by atoms with Crippen molar-refractivity contribution in [1.29, 1.82) is 0 Å². The normalized spacial score (nSPS) is 43.6. The van der Waals surface area contributed by atoms with Gasteiger partial charge in [0.05, 0.1) is 17.8 Å². The lowest BCUT2D eigenvalue weighted by molar-refractivity contribution is -0.126. The summed E-state index contributed by atoms with van der Waals surface area (Å²) in [6.07, 6.45) is 9.51. The Hall–Kier alpha value is -0.640. The summed E-state index contributed by atoms with van der Waals surface area (Å²) in [5.41, 5.74) is 0.435. The largest absolute Gasteiger partial charge is 0.393 e. The quantitative estimate of drug-likeness (QED) is 0.517. The molecule has 29 heavy (non-hydrogen) atoms. The zero-order chi connectivity index (χ0) is 21.8. The molecular weight excluding hydrogens is 360 g/mol. The minimum atomic E-state index is -0.898. The lowest BCUT2D eigenvalue weighted by atomic mass is 9.50. The molecule has 0 heterocycles. The van der Waals surface area contributed by atoms with Gasteiger partial charge in [-0.25, -0.2) is 0 Å². The van der Waals surface area contributed by atoms with E-state index in [0.717, 1.165) is 24.8 Å². The Morgan fingerprint density at radius 2 is 1.79 bits per heavy atom. The molecule has 3 N–H and O–H groups in total. The summed E-state index contributed by atoms with van der Waals surface area (Å²) in [5.74, 6) is 1.72. The van der Waals surface area contributed by atoms with Gasteiger partial charge in [-0.3, -0.25) is 0 Å². The van der Waals surface area contributed by atoms with Gasteiger partial charge in [0, 0.05) is 12.3 Å². The van der Waals surface area contributed by atoms with Crippen LogP contribution in [0.1, 0.15) is 80.1 Å². The topological polar surface area (TPSA) is 60.7 Å². The smallest absolute Gasteiger partial charge is 0.0949 e. The summed E-state index contributed by atoms with van der Waals surface area (Å²) in [6, 6.07) is 0. The fourth-order valence-electron chi connectivity index (χ4n) is 6.68. The van der Waals surface area contributed by atoms with Crippen LogP contribution >= 0.6 is 0 Å². The number of hydrogen-bond donors (Lipinski definition) is 3. The van der Waals surface area contributed by atoms with E-state index in [0.29, 0.717) is 24.2 Å². The van der Waals surface area contributed by atoms with Crippen molar-refractivity contribution in [3.8, 4) is 0 Å². The van der Waals surface area contributed by atoms with Crippen molar-refractivity contribution in [3.63, 3.8) is 0 Å². The predicted molar refractivity (Wildman–Crippen MR) is 119 cm³/mol. The Morgan fingerprint density at radius 1 is 1.14 bits per heavy atom. The molecule has 0 aromatic rings. The molecule has 0 saturated heterocycles. The van der Waals surface area contributed by atoms with Crippen LogP contribution in [0.5, 0.6) is 0 Å². The van der Waals surface area contributed by atoms with Crippen LogP contribution in [0.2, 0.25) is 0 Å². The van der Waals surface area contributed by atoms with E-state index in [-0.39, 0.29) is 28.8 Å². The third-order valence-electron chi connectivity index (χ3n) is 9.74. The van der Waals surface area contributed by atoms with Crippen molar-refractivity contribution in [2.24, 2.45) is 40.4 Å².